The molecule has 0 aliphatic carbocycles. The molecule has 0 radical (unpaired) electrons. The highest BCUT2D eigenvalue weighted by Gasteiger charge is 2.08. The van der Waals surface area contributed by atoms with Crippen LogP contribution in [0.1, 0.15) is 18.1 Å². The average Bonchev–Trinajstić information content (AvgIpc) is 2.45. The van der Waals surface area contributed by atoms with E-state index in [0.717, 1.165) is 29.5 Å². The van der Waals surface area contributed by atoms with E-state index in [1.807, 2.05) is 19.1 Å². The van der Waals surface area contributed by atoms with Gasteiger partial charge in [0, 0.05) is 19.2 Å². The van der Waals surface area contributed by atoms with Gasteiger partial charge in [-0.25, -0.2) is 4.79 Å². The number of methoxy groups -OCH3 is 1. The summed E-state index contributed by atoms with van der Waals surface area (Å²) in [5.41, 5.74) is 1.81. The summed E-state index contributed by atoms with van der Waals surface area (Å²) < 4.78 is 5.20. The van der Waals surface area contributed by atoms with Crippen molar-refractivity contribution in [1.82, 2.24) is 4.90 Å². The molecule has 0 atom stereocenters. The zero-order valence-corrected chi connectivity index (χ0v) is 11.9. The smallest absolute Gasteiger partial charge is 0.328 e. The maximum Gasteiger partial charge on any atom is 0.328 e. The fourth-order valence-electron chi connectivity index (χ4n) is 1.90. The molecule has 0 saturated carbocycles. The third kappa shape index (κ3) is 5.03. The molecule has 1 aromatic rings. The second-order valence-corrected chi connectivity index (χ2v) is 4.33. The van der Waals surface area contributed by atoms with Crippen LogP contribution in [0.4, 0.5) is 0 Å². The largest absolute Gasteiger partial charge is 0.497 e. The number of nitrogens with zero attached hydrogens (tertiary/aromatic N) is 1. The lowest BCUT2D eigenvalue weighted by molar-refractivity contribution is -0.131. The van der Waals surface area contributed by atoms with E-state index >= 15 is 0 Å². The van der Waals surface area contributed by atoms with E-state index in [9.17, 15) is 4.79 Å². The van der Waals surface area contributed by atoms with Crippen LogP contribution in [-0.4, -0.2) is 47.9 Å². The number of carboxylic acids is 1. The monoisotopic (exact) mass is 279 g/mol. The molecule has 0 aromatic heterocycles. The fourth-order valence-corrected chi connectivity index (χ4v) is 1.90. The Labute approximate surface area is 119 Å². The number of benzene rings is 1. The Hall–Kier alpha value is -1.85. The van der Waals surface area contributed by atoms with Gasteiger partial charge in [0.2, 0.25) is 0 Å². The number of likely N-dealkylation sites (N-methyl/N-ethyl adjacent to an activating group) is 1. The average molecular weight is 279 g/mol. The van der Waals surface area contributed by atoms with Crippen LogP contribution < -0.4 is 4.74 Å². The molecule has 110 valence electrons. The van der Waals surface area contributed by atoms with Crippen molar-refractivity contribution in [3.63, 3.8) is 0 Å². The second kappa shape index (κ2) is 8.35. The van der Waals surface area contributed by atoms with Gasteiger partial charge in [0.1, 0.15) is 5.75 Å². The topological polar surface area (TPSA) is 70.0 Å². The van der Waals surface area contributed by atoms with Crippen LogP contribution >= 0.6 is 0 Å². The molecule has 1 aromatic carbocycles. The van der Waals surface area contributed by atoms with Crippen molar-refractivity contribution < 1.29 is 19.7 Å². The predicted molar refractivity (Wildman–Crippen MR) is 77.7 cm³/mol. The standard InChI is InChI=1S/C15H21NO4/c1-3-16(8-9-17)11-13-10-14(20-2)6-4-12(13)5-7-15(18)19/h4-7,10,17H,3,8-9,11H2,1-2H3,(H,18,19). The third-order valence-corrected chi connectivity index (χ3v) is 3.01. The summed E-state index contributed by atoms with van der Waals surface area (Å²) in [5, 5.41) is 17.8. The van der Waals surface area contributed by atoms with Crippen molar-refractivity contribution >= 4 is 12.0 Å². The second-order valence-electron chi connectivity index (χ2n) is 4.33. The van der Waals surface area contributed by atoms with Crippen molar-refractivity contribution in [2.24, 2.45) is 0 Å². The number of ether oxygens (including phenoxy) is 1. The summed E-state index contributed by atoms with van der Waals surface area (Å²) in [7, 11) is 1.59. The van der Waals surface area contributed by atoms with Crippen LogP contribution in [0, 0.1) is 0 Å². The molecule has 5 nitrogen and oxygen atoms in total. The molecule has 20 heavy (non-hydrogen) atoms. The molecule has 0 amide bonds. The maximum absolute atomic E-state index is 10.6. The van der Waals surface area contributed by atoms with Crippen LogP contribution in [0.5, 0.6) is 5.75 Å². The van der Waals surface area contributed by atoms with E-state index in [-0.39, 0.29) is 6.61 Å². The molecule has 5 heteroatoms. The quantitative estimate of drug-likeness (QED) is 0.707. The van der Waals surface area contributed by atoms with Crippen molar-refractivity contribution in [2.75, 3.05) is 26.8 Å². The van der Waals surface area contributed by atoms with Gasteiger partial charge in [-0.3, -0.25) is 4.90 Å². The van der Waals surface area contributed by atoms with Crippen LogP contribution in [-0.2, 0) is 11.3 Å². The van der Waals surface area contributed by atoms with Crippen LogP contribution in [0.25, 0.3) is 6.08 Å². The van der Waals surface area contributed by atoms with Crippen molar-refractivity contribution in [1.29, 1.82) is 0 Å². The normalized spacial score (nSPS) is 11.2. The molecule has 0 aliphatic heterocycles. The van der Waals surface area contributed by atoms with E-state index in [1.54, 1.807) is 19.3 Å². The molecular formula is C15H21NO4. The zero-order valence-electron chi connectivity index (χ0n) is 11.9. The fraction of sp³-hybridized carbons (Fsp3) is 0.400. The highest BCUT2D eigenvalue weighted by atomic mass is 16.5. The van der Waals surface area contributed by atoms with Crippen LogP contribution in [0.15, 0.2) is 24.3 Å². The zero-order chi connectivity index (χ0) is 15.0. The lowest BCUT2D eigenvalue weighted by atomic mass is 10.1. The molecular weight excluding hydrogens is 258 g/mol. The van der Waals surface area contributed by atoms with Gasteiger partial charge < -0.3 is 14.9 Å². The van der Waals surface area contributed by atoms with Crippen molar-refractivity contribution in [3.05, 3.63) is 35.4 Å². The Balaban J connectivity index is 3.02. The van der Waals surface area contributed by atoms with Crippen LogP contribution in [0.2, 0.25) is 0 Å². The Kier molecular flexibility index (Phi) is 6.76. The SMILES string of the molecule is CCN(CCO)Cc1cc(OC)ccc1C=CC(=O)O. The van der Waals surface area contributed by atoms with Gasteiger partial charge in [-0.1, -0.05) is 13.0 Å². The van der Waals surface area contributed by atoms with Gasteiger partial charge >= 0.3 is 5.97 Å². The maximum atomic E-state index is 10.6. The number of aliphatic hydroxyl groups excluding tert-OH is 1. The van der Waals surface area contributed by atoms with E-state index in [2.05, 4.69) is 4.90 Å². The first kappa shape index (κ1) is 16.2. The third-order valence-electron chi connectivity index (χ3n) is 3.01. The van der Waals surface area contributed by atoms with Crippen molar-refractivity contribution in [2.45, 2.75) is 13.5 Å². The van der Waals surface area contributed by atoms with Gasteiger partial charge in [-0.2, -0.15) is 0 Å². The number of carbonyl (C=O) groups is 1. The molecule has 0 saturated heterocycles. The molecule has 0 aliphatic rings. The first-order valence-corrected chi connectivity index (χ1v) is 6.51. The lowest BCUT2D eigenvalue weighted by Gasteiger charge is -2.20. The molecule has 2 N–H and O–H groups in total. The number of rotatable bonds is 8. The Morgan fingerprint density at radius 1 is 1.45 bits per heavy atom. The number of aliphatic hydroxyl groups is 1. The minimum Gasteiger partial charge on any atom is -0.497 e. The summed E-state index contributed by atoms with van der Waals surface area (Å²) in [6, 6.07) is 5.52. The molecule has 1 rings (SSSR count). The highest BCUT2D eigenvalue weighted by molar-refractivity contribution is 5.85. The number of aliphatic carboxylic acids is 1. The number of carboxylic acid groups (broad SMARTS) is 1. The van der Waals surface area contributed by atoms with E-state index in [0.29, 0.717) is 13.1 Å². The van der Waals surface area contributed by atoms with Crippen LogP contribution in [0.3, 0.4) is 0 Å². The molecule has 0 heterocycles. The Bertz CT molecular complexity index is 471. The number of hydrogen-bond acceptors (Lipinski definition) is 4. The lowest BCUT2D eigenvalue weighted by Crippen LogP contribution is -2.26. The van der Waals surface area contributed by atoms with Gasteiger partial charge in [0.25, 0.3) is 0 Å². The number of hydrogen-bond donors (Lipinski definition) is 2. The van der Waals surface area contributed by atoms with E-state index < -0.39 is 5.97 Å². The molecule has 0 unspecified atom stereocenters. The van der Waals surface area contributed by atoms with Gasteiger partial charge in [-0.05, 0) is 35.9 Å². The summed E-state index contributed by atoms with van der Waals surface area (Å²) >= 11 is 0. The first-order valence-electron chi connectivity index (χ1n) is 6.51. The Morgan fingerprint density at radius 2 is 2.20 bits per heavy atom. The van der Waals surface area contributed by atoms with E-state index in [1.165, 1.54) is 0 Å². The summed E-state index contributed by atoms with van der Waals surface area (Å²) in [5.74, 6) is -0.248. The first-order chi connectivity index (χ1) is 9.60. The molecule has 0 bridgehead atoms. The Morgan fingerprint density at radius 3 is 2.75 bits per heavy atom. The summed E-state index contributed by atoms with van der Waals surface area (Å²) in [4.78, 5) is 12.7. The highest BCUT2D eigenvalue weighted by Crippen LogP contribution is 2.20. The van der Waals surface area contributed by atoms with Crippen molar-refractivity contribution in [3.8, 4) is 5.75 Å². The van der Waals surface area contributed by atoms with Gasteiger partial charge in [0.05, 0.1) is 13.7 Å². The predicted octanol–water partition coefficient (Wildman–Crippen LogP) is 1.61. The summed E-state index contributed by atoms with van der Waals surface area (Å²) in [6.07, 6.45) is 2.69. The minimum absolute atomic E-state index is 0.0953. The minimum atomic E-state index is -0.977. The summed E-state index contributed by atoms with van der Waals surface area (Å²) in [6.45, 7) is 4.13. The molecule has 0 spiro atoms. The van der Waals surface area contributed by atoms with E-state index in [4.69, 9.17) is 14.9 Å². The van der Waals surface area contributed by atoms with Gasteiger partial charge in [-0.15, -0.1) is 0 Å². The van der Waals surface area contributed by atoms with Gasteiger partial charge in [0.15, 0.2) is 0 Å². The molecule has 0 fully saturated rings.